The summed E-state index contributed by atoms with van der Waals surface area (Å²) in [5.41, 5.74) is 0.807. The number of carbonyl (C=O) groups is 1. The van der Waals surface area contributed by atoms with E-state index in [-0.39, 0.29) is 10.7 Å². The van der Waals surface area contributed by atoms with E-state index in [0.717, 1.165) is 18.7 Å². The number of hydrogen-bond donors (Lipinski definition) is 0. The highest BCUT2D eigenvalue weighted by Crippen LogP contribution is 2.25. The van der Waals surface area contributed by atoms with Crippen LogP contribution in [0.3, 0.4) is 0 Å². The molecule has 1 unspecified atom stereocenters. The minimum absolute atomic E-state index is 0.0572. The predicted octanol–water partition coefficient (Wildman–Crippen LogP) is 2.24. The van der Waals surface area contributed by atoms with Gasteiger partial charge in [-0.05, 0) is 18.6 Å². The van der Waals surface area contributed by atoms with Crippen LogP contribution in [0.5, 0.6) is 0 Å². The van der Waals surface area contributed by atoms with Crippen LogP contribution in [0, 0.1) is 0 Å². The number of hydrogen-bond acceptors (Lipinski definition) is 2. The number of pyridine rings is 1. The van der Waals surface area contributed by atoms with E-state index in [1.807, 2.05) is 0 Å². The molecule has 1 fully saturated rings. The first-order valence-corrected chi connectivity index (χ1v) is 5.55. The molecule has 0 N–H and O–H groups in total. The van der Waals surface area contributed by atoms with Gasteiger partial charge in [-0.25, -0.2) is 4.98 Å². The van der Waals surface area contributed by atoms with Crippen molar-refractivity contribution < 1.29 is 4.79 Å². The number of nitrogens with zero attached hydrogens (tertiary/aromatic N) is 2. The summed E-state index contributed by atoms with van der Waals surface area (Å²) < 4.78 is 0. The first kappa shape index (κ1) is 9.93. The molecule has 5 heteroatoms. The Morgan fingerprint density at radius 3 is 2.86 bits per heavy atom. The summed E-state index contributed by atoms with van der Waals surface area (Å²) in [6, 6.07) is 3.49. The van der Waals surface area contributed by atoms with Gasteiger partial charge in [-0.1, -0.05) is 27.5 Å². The van der Waals surface area contributed by atoms with Gasteiger partial charge >= 0.3 is 0 Å². The van der Waals surface area contributed by atoms with Crippen molar-refractivity contribution in [2.75, 3.05) is 11.4 Å². The molecule has 1 atom stereocenters. The van der Waals surface area contributed by atoms with Crippen molar-refractivity contribution in [3.8, 4) is 0 Å². The fourth-order valence-corrected chi connectivity index (χ4v) is 1.99. The number of aromatic nitrogens is 1. The molecule has 14 heavy (non-hydrogen) atoms. The first-order chi connectivity index (χ1) is 6.68. The Labute approximate surface area is 95.2 Å². The second kappa shape index (κ2) is 3.87. The van der Waals surface area contributed by atoms with E-state index in [4.69, 9.17) is 11.6 Å². The Morgan fingerprint density at radius 2 is 2.36 bits per heavy atom. The molecule has 0 spiro atoms. The molecule has 1 amide bonds. The Balaban J connectivity index is 2.24. The monoisotopic (exact) mass is 274 g/mol. The van der Waals surface area contributed by atoms with Crippen LogP contribution in [0.15, 0.2) is 18.3 Å². The van der Waals surface area contributed by atoms with Crippen LogP contribution >= 0.6 is 27.5 Å². The molecular weight excluding hydrogens is 267 g/mol. The fourth-order valence-electron chi connectivity index (χ4n) is 1.43. The van der Waals surface area contributed by atoms with Gasteiger partial charge in [0.2, 0.25) is 5.91 Å². The molecule has 0 aromatic carbocycles. The molecule has 0 aliphatic carbocycles. The van der Waals surface area contributed by atoms with Crippen LogP contribution in [-0.2, 0) is 4.79 Å². The number of anilines is 1. The highest BCUT2D eigenvalue weighted by Gasteiger charge is 2.30. The normalized spacial score (nSPS) is 21.7. The summed E-state index contributed by atoms with van der Waals surface area (Å²) in [6.07, 6.45) is 2.45. The van der Waals surface area contributed by atoms with E-state index in [9.17, 15) is 4.79 Å². The summed E-state index contributed by atoms with van der Waals surface area (Å²) in [4.78, 5) is 17.2. The molecule has 3 nitrogen and oxygen atoms in total. The standard InChI is InChI=1S/C9H8BrClN2O/c10-7-3-4-13(9(7)14)6-1-2-8(11)12-5-6/h1-2,5,7H,3-4H2. The fraction of sp³-hybridized carbons (Fsp3) is 0.333. The Bertz CT molecular complexity index is 354. The van der Waals surface area contributed by atoms with E-state index in [2.05, 4.69) is 20.9 Å². The summed E-state index contributed by atoms with van der Waals surface area (Å²) in [6.45, 7) is 0.734. The third kappa shape index (κ3) is 1.77. The van der Waals surface area contributed by atoms with Gasteiger partial charge in [0.1, 0.15) is 5.15 Å². The van der Waals surface area contributed by atoms with Crippen molar-refractivity contribution >= 4 is 39.1 Å². The van der Waals surface area contributed by atoms with Gasteiger partial charge in [0.05, 0.1) is 16.7 Å². The lowest BCUT2D eigenvalue weighted by Crippen LogP contribution is -2.27. The lowest BCUT2D eigenvalue weighted by atomic mass is 10.4. The van der Waals surface area contributed by atoms with E-state index >= 15 is 0 Å². The second-order valence-corrected chi connectivity index (χ2v) is 4.58. The van der Waals surface area contributed by atoms with Gasteiger partial charge < -0.3 is 4.90 Å². The molecule has 0 bridgehead atoms. The number of rotatable bonds is 1. The largest absolute Gasteiger partial charge is 0.310 e. The van der Waals surface area contributed by atoms with Gasteiger partial charge in [0, 0.05) is 6.54 Å². The van der Waals surface area contributed by atoms with Gasteiger partial charge in [0.25, 0.3) is 0 Å². The van der Waals surface area contributed by atoms with E-state index in [0.29, 0.717) is 5.15 Å². The predicted molar refractivity (Wildman–Crippen MR) is 58.9 cm³/mol. The van der Waals surface area contributed by atoms with Crippen LogP contribution in [0.2, 0.25) is 5.15 Å². The Kier molecular flexibility index (Phi) is 2.74. The Morgan fingerprint density at radius 1 is 1.57 bits per heavy atom. The molecule has 0 radical (unpaired) electrons. The molecule has 2 rings (SSSR count). The maximum atomic E-state index is 11.6. The second-order valence-electron chi connectivity index (χ2n) is 3.09. The molecule has 0 saturated carbocycles. The third-order valence-corrected chi connectivity index (χ3v) is 3.24. The van der Waals surface area contributed by atoms with Gasteiger partial charge in [-0.3, -0.25) is 4.79 Å². The van der Waals surface area contributed by atoms with Gasteiger partial charge in [-0.2, -0.15) is 0 Å². The van der Waals surface area contributed by atoms with Crippen LogP contribution < -0.4 is 4.90 Å². The van der Waals surface area contributed by atoms with E-state index in [1.54, 1.807) is 23.2 Å². The summed E-state index contributed by atoms with van der Waals surface area (Å²) >= 11 is 8.98. The number of carbonyl (C=O) groups excluding carboxylic acids is 1. The lowest BCUT2D eigenvalue weighted by molar-refractivity contribution is -0.116. The maximum absolute atomic E-state index is 11.6. The molecule has 1 aliphatic heterocycles. The molecule has 2 heterocycles. The van der Waals surface area contributed by atoms with Crippen molar-refractivity contribution in [3.63, 3.8) is 0 Å². The van der Waals surface area contributed by atoms with E-state index < -0.39 is 0 Å². The zero-order chi connectivity index (χ0) is 10.1. The number of amides is 1. The van der Waals surface area contributed by atoms with Crippen molar-refractivity contribution in [3.05, 3.63) is 23.5 Å². The van der Waals surface area contributed by atoms with Crippen molar-refractivity contribution in [2.45, 2.75) is 11.2 Å². The molecule has 1 aromatic rings. The number of halogens is 2. The smallest absolute Gasteiger partial charge is 0.240 e. The van der Waals surface area contributed by atoms with Crippen molar-refractivity contribution in [2.24, 2.45) is 0 Å². The summed E-state index contributed by atoms with van der Waals surface area (Å²) in [5.74, 6) is 0.0918. The zero-order valence-corrected chi connectivity index (χ0v) is 9.62. The minimum Gasteiger partial charge on any atom is -0.310 e. The first-order valence-electron chi connectivity index (χ1n) is 4.25. The van der Waals surface area contributed by atoms with Crippen LogP contribution in [0.1, 0.15) is 6.42 Å². The SMILES string of the molecule is O=C1C(Br)CCN1c1ccc(Cl)nc1. The Hall–Kier alpha value is -0.610. The minimum atomic E-state index is -0.0572. The topological polar surface area (TPSA) is 33.2 Å². The number of alkyl halides is 1. The van der Waals surface area contributed by atoms with E-state index in [1.165, 1.54) is 0 Å². The molecule has 74 valence electrons. The third-order valence-electron chi connectivity index (χ3n) is 2.16. The molecule has 1 aromatic heterocycles. The van der Waals surface area contributed by atoms with Crippen LogP contribution in [-0.4, -0.2) is 22.3 Å². The zero-order valence-electron chi connectivity index (χ0n) is 7.28. The molecule has 1 saturated heterocycles. The summed E-state index contributed by atoms with van der Waals surface area (Å²) in [5, 5.41) is 0.441. The maximum Gasteiger partial charge on any atom is 0.240 e. The molecular formula is C9H8BrClN2O. The van der Waals surface area contributed by atoms with Gasteiger partial charge in [-0.15, -0.1) is 0 Å². The quantitative estimate of drug-likeness (QED) is 0.582. The molecule has 1 aliphatic rings. The van der Waals surface area contributed by atoms with Gasteiger partial charge in [0.15, 0.2) is 0 Å². The van der Waals surface area contributed by atoms with Crippen LogP contribution in [0.4, 0.5) is 5.69 Å². The summed E-state index contributed by atoms with van der Waals surface area (Å²) in [7, 11) is 0. The lowest BCUT2D eigenvalue weighted by Gasteiger charge is -2.14. The van der Waals surface area contributed by atoms with Crippen molar-refractivity contribution in [1.82, 2.24) is 4.98 Å². The average molecular weight is 276 g/mol. The highest BCUT2D eigenvalue weighted by molar-refractivity contribution is 9.10. The highest BCUT2D eigenvalue weighted by atomic mass is 79.9. The average Bonchev–Trinajstić information content (AvgIpc) is 2.50. The van der Waals surface area contributed by atoms with Crippen LogP contribution in [0.25, 0.3) is 0 Å². The van der Waals surface area contributed by atoms with Crippen molar-refractivity contribution in [1.29, 1.82) is 0 Å².